The largest absolute Gasteiger partial charge is 0.365 e. The lowest BCUT2D eigenvalue weighted by Gasteiger charge is -2.24. The molecule has 0 saturated carbocycles. The molecule has 0 bridgehead atoms. The summed E-state index contributed by atoms with van der Waals surface area (Å²) >= 11 is 0. The topological polar surface area (TPSA) is 111 Å². The highest BCUT2D eigenvalue weighted by molar-refractivity contribution is 6.00. The van der Waals surface area contributed by atoms with Gasteiger partial charge in [-0.25, -0.2) is 14.5 Å². The zero-order chi connectivity index (χ0) is 20.1. The first kappa shape index (κ1) is 17.8. The van der Waals surface area contributed by atoms with E-state index in [2.05, 4.69) is 21.7 Å². The van der Waals surface area contributed by atoms with Crippen LogP contribution in [0.4, 0.5) is 0 Å². The molecule has 2 amide bonds. The fourth-order valence-electron chi connectivity index (χ4n) is 4.66. The number of amides is 2. The molecule has 29 heavy (non-hydrogen) atoms. The molecule has 3 aromatic rings. The second-order valence-corrected chi connectivity index (χ2v) is 7.77. The molecule has 150 valence electrons. The first-order valence-electron chi connectivity index (χ1n) is 10.0. The van der Waals surface area contributed by atoms with Gasteiger partial charge in [0, 0.05) is 25.5 Å². The Labute approximate surface area is 167 Å². The van der Waals surface area contributed by atoms with Crippen LogP contribution < -0.4 is 5.73 Å². The molecule has 1 saturated heterocycles. The Morgan fingerprint density at radius 3 is 2.83 bits per heavy atom. The zero-order valence-corrected chi connectivity index (χ0v) is 16.3. The number of nitrogens with two attached hydrogens (primary N) is 1. The van der Waals surface area contributed by atoms with E-state index in [-0.39, 0.29) is 17.5 Å². The van der Waals surface area contributed by atoms with Crippen LogP contribution in [-0.4, -0.2) is 47.4 Å². The van der Waals surface area contributed by atoms with Gasteiger partial charge in [-0.3, -0.25) is 9.59 Å². The maximum absolute atomic E-state index is 13.5. The molecule has 0 spiro atoms. The molecule has 1 aliphatic heterocycles. The van der Waals surface area contributed by atoms with E-state index >= 15 is 0 Å². The van der Waals surface area contributed by atoms with Gasteiger partial charge in [0.1, 0.15) is 17.1 Å². The third-order valence-corrected chi connectivity index (χ3v) is 6.11. The number of carbonyl (C=O) groups excluding carboxylic acids is 2. The Morgan fingerprint density at radius 1 is 1.21 bits per heavy atom. The fraction of sp³-hybridized carbons (Fsp3) is 0.450. The van der Waals surface area contributed by atoms with Crippen LogP contribution in [0.15, 0.2) is 18.5 Å². The third-order valence-electron chi connectivity index (χ3n) is 6.11. The van der Waals surface area contributed by atoms with E-state index < -0.39 is 5.91 Å². The molecule has 0 radical (unpaired) electrons. The van der Waals surface area contributed by atoms with Crippen LogP contribution in [0, 0.1) is 0 Å². The van der Waals surface area contributed by atoms with Crippen LogP contribution in [0.2, 0.25) is 0 Å². The second kappa shape index (κ2) is 6.68. The predicted molar refractivity (Wildman–Crippen MR) is 104 cm³/mol. The number of carbonyl (C=O) groups is 2. The lowest BCUT2D eigenvalue weighted by Crippen LogP contribution is -2.33. The van der Waals surface area contributed by atoms with Crippen molar-refractivity contribution in [1.29, 1.82) is 0 Å². The summed E-state index contributed by atoms with van der Waals surface area (Å²) in [6.07, 6.45) is 9.11. The van der Waals surface area contributed by atoms with Crippen molar-refractivity contribution in [1.82, 2.24) is 29.0 Å². The van der Waals surface area contributed by atoms with Crippen molar-refractivity contribution in [3.63, 3.8) is 0 Å². The van der Waals surface area contributed by atoms with Crippen LogP contribution in [0.3, 0.4) is 0 Å². The summed E-state index contributed by atoms with van der Waals surface area (Å²) in [5.41, 5.74) is 8.75. The van der Waals surface area contributed by atoms with E-state index in [1.54, 1.807) is 6.07 Å². The van der Waals surface area contributed by atoms with Crippen molar-refractivity contribution in [3.8, 4) is 0 Å². The SMILES string of the molecule is Cn1c(C2CCCN2C(=O)c2ccnc3c(C(N)=O)cnn23)nc2c1CCCC2. The highest BCUT2D eigenvalue weighted by atomic mass is 16.2. The van der Waals surface area contributed by atoms with Crippen molar-refractivity contribution in [2.24, 2.45) is 12.8 Å². The summed E-state index contributed by atoms with van der Waals surface area (Å²) in [7, 11) is 2.06. The van der Waals surface area contributed by atoms with Crippen LogP contribution in [-0.2, 0) is 19.9 Å². The molecule has 1 aliphatic carbocycles. The Balaban J connectivity index is 1.53. The van der Waals surface area contributed by atoms with Crippen molar-refractivity contribution in [2.75, 3.05) is 6.54 Å². The van der Waals surface area contributed by atoms with Crippen LogP contribution in [0.25, 0.3) is 5.65 Å². The van der Waals surface area contributed by atoms with Gasteiger partial charge in [0.05, 0.1) is 17.9 Å². The fourth-order valence-corrected chi connectivity index (χ4v) is 4.66. The number of rotatable bonds is 3. The number of aryl methyl sites for hydroxylation is 1. The molecule has 4 heterocycles. The number of nitrogens with zero attached hydrogens (tertiary/aromatic N) is 6. The summed E-state index contributed by atoms with van der Waals surface area (Å²) in [6.45, 7) is 0.661. The van der Waals surface area contributed by atoms with Gasteiger partial charge in [-0.2, -0.15) is 5.10 Å². The van der Waals surface area contributed by atoms with Gasteiger partial charge in [0.2, 0.25) is 0 Å². The lowest BCUT2D eigenvalue weighted by atomic mass is 10.0. The molecule has 1 unspecified atom stereocenters. The number of primary amides is 1. The summed E-state index contributed by atoms with van der Waals surface area (Å²) in [5, 5.41) is 4.19. The second-order valence-electron chi connectivity index (χ2n) is 7.77. The van der Waals surface area contributed by atoms with Gasteiger partial charge in [0.15, 0.2) is 5.65 Å². The molecule has 2 N–H and O–H groups in total. The molecule has 9 nitrogen and oxygen atoms in total. The van der Waals surface area contributed by atoms with Gasteiger partial charge in [0.25, 0.3) is 11.8 Å². The number of hydrogen-bond donors (Lipinski definition) is 1. The molecule has 2 aliphatic rings. The first-order chi connectivity index (χ1) is 14.1. The number of imidazole rings is 1. The smallest absolute Gasteiger partial charge is 0.273 e. The monoisotopic (exact) mass is 393 g/mol. The molecule has 1 atom stereocenters. The standard InChI is InChI=1S/C20H23N7O2/c1-25-14-6-3-2-5-13(14)24-19(25)15-7-4-10-26(15)20(29)16-8-9-22-18-12(17(21)28)11-23-27(16)18/h8-9,11,15H,2-7,10H2,1H3,(H2,21,28). The first-order valence-corrected chi connectivity index (χ1v) is 10.0. The van der Waals surface area contributed by atoms with Gasteiger partial charge in [-0.05, 0) is 44.6 Å². The van der Waals surface area contributed by atoms with E-state index in [1.807, 2.05) is 4.90 Å². The van der Waals surface area contributed by atoms with Crippen molar-refractivity contribution in [3.05, 3.63) is 46.9 Å². The molecule has 3 aromatic heterocycles. The van der Waals surface area contributed by atoms with Crippen molar-refractivity contribution >= 4 is 17.5 Å². The number of fused-ring (bicyclic) bond motifs is 2. The minimum absolute atomic E-state index is 0.0625. The van der Waals surface area contributed by atoms with Gasteiger partial charge in [-0.15, -0.1) is 0 Å². The van der Waals surface area contributed by atoms with Crippen LogP contribution in [0.1, 0.15) is 69.8 Å². The quantitative estimate of drug-likeness (QED) is 0.723. The van der Waals surface area contributed by atoms with E-state index in [0.29, 0.717) is 17.9 Å². The maximum Gasteiger partial charge on any atom is 0.273 e. The molecule has 0 aromatic carbocycles. The van der Waals surface area contributed by atoms with Gasteiger partial charge < -0.3 is 15.2 Å². The van der Waals surface area contributed by atoms with Gasteiger partial charge >= 0.3 is 0 Å². The molecular weight excluding hydrogens is 370 g/mol. The minimum atomic E-state index is -0.616. The highest BCUT2D eigenvalue weighted by Gasteiger charge is 2.36. The molecule has 1 fully saturated rings. The number of likely N-dealkylation sites (tertiary alicyclic amines) is 1. The van der Waals surface area contributed by atoms with E-state index in [0.717, 1.165) is 31.5 Å². The number of aromatic nitrogens is 5. The summed E-state index contributed by atoms with van der Waals surface area (Å²) in [5.74, 6) is 0.209. The Morgan fingerprint density at radius 2 is 2.03 bits per heavy atom. The summed E-state index contributed by atoms with van der Waals surface area (Å²) in [6, 6.07) is 1.57. The molecule has 9 heteroatoms. The maximum atomic E-state index is 13.5. The van der Waals surface area contributed by atoms with Crippen LogP contribution >= 0.6 is 0 Å². The summed E-state index contributed by atoms with van der Waals surface area (Å²) < 4.78 is 3.59. The van der Waals surface area contributed by atoms with E-state index in [4.69, 9.17) is 10.7 Å². The Hall–Kier alpha value is -3.23. The third kappa shape index (κ3) is 2.72. The summed E-state index contributed by atoms with van der Waals surface area (Å²) in [4.78, 5) is 36.0. The highest BCUT2D eigenvalue weighted by Crippen LogP contribution is 2.34. The number of hydrogen-bond acceptors (Lipinski definition) is 5. The van der Waals surface area contributed by atoms with Crippen molar-refractivity contribution < 1.29 is 9.59 Å². The zero-order valence-electron chi connectivity index (χ0n) is 16.3. The van der Waals surface area contributed by atoms with Crippen LogP contribution in [0.5, 0.6) is 0 Å². The average molecular weight is 393 g/mol. The Kier molecular flexibility index (Phi) is 4.11. The van der Waals surface area contributed by atoms with Crippen molar-refractivity contribution in [2.45, 2.75) is 44.6 Å². The van der Waals surface area contributed by atoms with Gasteiger partial charge in [-0.1, -0.05) is 0 Å². The average Bonchev–Trinajstić information content (AvgIpc) is 3.44. The lowest BCUT2D eigenvalue weighted by molar-refractivity contribution is 0.0718. The van der Waals surface area contributed by atoms with E-state index in [9.17, 15) is 9.59 Å². The molecular formula is C20H23N7O2. The Bertz CT molecular complexity index is 1130. The minimum Gasteiger partial charge on any atom is -0.365 e. The van der Waals surface area contributed by atoms with E-state index in [1.165, 1.54) is 41.1 Å². The molecule has 5 rings (SSSR count). The normalized spacial score (nSPS) is 18.9. The predicted octanol–water partition coefficient (Wildman–Crippen LogP) is 1.42.